The summed E-state index contributed by atoms with van der Waals surface area (Å²) in [4.78, 5) is 25.2. The molecule has 3 rings (SSSR count). The summed E-state index contributed by atoms with van der Waals surface area (Å²) < 4.78 is 0. The second kappa shape index (κ2) is 9.20. The standard InChI is InChI=1S/C23H21ClN2O2/c1-16(18-9-3-2-4-10-18)25-23(28)20-12-5-6-13-21(20)26-22(27)15-17-8-7-11-19(24)14-17/h2-14,16H,15H2,1H3,(H,25,28)(H,26,27). The highest BCUT2D eigenvalue weighted by Gasteiger charge is 2.16. The van der Waals surface area contributed by atoms with E-state index in [-0.39, 0.29) is 24.3 Å². The van der Waals surface area contributed by atoms with Gasteiger partial charge in [0.05, 0.1) is 23.7 Å². The summed E-state index contributed by atoms with van der Waals surface area (Å²) in [6.07, 6.45) is 0.178. The summed E-state index contributed by atoms with van der Waals surface area (Å²) in [6, 6.07) is 23.7. The van der Waals surface area contributed by atoms with Crippen molar-refractivity contribution in [1.82, 2.24) is 5.32 Å². The molecule has 0 radical (unpaired) electrons. The number of benzene rings is 3. The minimum atomic E-state index is -0.241. The largest absolute Gasteiger partial charge is 0.345 e. The maximum Gasteiger partial charge on any atom is 0.253 e. The lowest BCUT2D eigenvalue weighted by Crippen LogP contribution is -2.28. The topological polar surface area (TPSA) is 58.2 Å². The van der Waals surface area contributed by atoms with Crippen LogP contribution in [0.3, 0.4) is 0 Å². The molecule has 5 heteroatoms. The lowest BCUT2D eigenvalue weighted by molar-refractivity contribution is -0.115. The normalized spacial score (nSPS) is 11.5. The van der Waals surface area contributed by atoms with Crippen molar-refractivity contribution in [1.29, 1.82) is 0 Å². The van der Waals surface area contributed by atoms with Gasteiger partial charge < -0.3 is 10.6 Å². The number of amides is 2. The molecule has 3 aromatic rings. The maximum absolute atomic E-state index is 12.8. The highest BCUT2D eigenvalue weighted by Crippen LogP contribution is 2.19. The van der Waals surface area contributed by atoms with Crippen molar-refractivity contribution < 1.29 is 9.59 Å². The van der Waals surface area contributed by atoms with Crippen LogP contribution in [0.2, 0.25) is 5.02 Å². The molecule has 0 aromatic heterocycles. The molecular formula is C23H21ClN2O2. The van der Waals surface area contributed by atoms with Crippen molar-refractivity contribution in [3.63, 3.8) is 0 Å². The number of carbonyl (C=O) groups is 2. The fourth-order valence-electron chi connectivity index (χ4n) is 2.92. The van der Waals surface area contributed by atoms with Crippen molar-refractivity contribution in [2.75, 3.05) is 5.32 Å². The van der Waals surface area contributed by atoms with Crippen LogP contribution in [0.25, 0.3) is 0 Å². The van der Waals surface area contributed by atoms with Gasteiger partial charge in [-0.15, -0.1) is 0 Å². The van der Waals surface area contributed by atoms with Crippen molar-refractivity contribution in [2.24, 2.45) is 0 Å². The van der Waals surface area contributed by atoms with Crippen molar-refractivity contribution >= 4 is 29.1 Å². The predicted octanol–water partition coefficient (Wildman–Crippen LogP) is 5.01. The third kappa shape index (κ3) is 5.21. The number of rotatable bonds is 6. The van der Waals surface area contributed by atoms with Crippen LogP contribution in [0.4, 0.5) is 5.69 Å². The van der Waals surface area contributed by atoms with Crippen LogP contribution < -0.4 is 10.6 Å². The molecule has 0 aliphatic carbocycles. The summed E-state index contributed by atoms with van der Waals surface area (Å²) in [5, 5.41) is 6.39. The Morgan fingerprint density at radius 2 is 1.64 bits per heavy atom. The molecule has 28 heavy (non-hydrogen) atoms. The molecule has 0 spiro atoms. The molecule has 4 nitrogen and oxygen atoms in total. The summed E-state index contributed by atoms with van der Waals surface area (Å²) in [6.45, 7) is 1.92. The predicted molar refractivity (Wildman–Crippen MR) is 113 cm³/mol. The monoisotopic (exact) mass is 392 g/mol. The number of para-hydroxylation sites is 1. The van der Waals surface area contributed by atoms with E-state index < -0.39 is 0 Å². The Bertz CT molecular complexity index is 973. The van der Waals surface area contributed by atoms with Gasteiger partial charge in [-0.05, 0) is 42.3 Å². The highest BCUT2D eigenvalue weighted by molar-refractivity contribution is 6.30. The first-order valence-electron chi connectivity index (χ1n) is 9.02. The van der Waals surface area contributed by atoms with Crippen LogP contribution in [-0.4, -0.2) is 11.8 Å². The SMILES string of the molecule is CC(NC(=O)c1ccccc1NC(=O)Cc1cccc(Cl)c1)c1ccccc1. The van der Waals surface area contributed by atoms with E-state index in [0.717, 1.165) is 11.1 Å². The molecule has 2 amide bonds. The number of anilines is 1. The average Bonchev–Trinajstić information content (AvgIpc) is 2.69. The zero-order chi connectivity index (χ0) is 19.9. The smallest absolute Gasteiger partial charge is 0.253 e. The molecule has 0 heterocycles. The van der Waals surface area contributed by atoms with Crippen LogP contribution in [0.5, 0.6) is 0 Å². The first-order valence-corrected chi connectivity index (χ1v) is 9.40. The Morgan fingerprint density at radius 3 is 2.39 bits per heavy atom. The minimum absolute atomic E-state index is 0.149. The molecule has 0 saturated carbocycles. The Labute approximate surface area is 169 Å². The fourth-order valence-corrected chi connectivity index (χ4v) is 3.13. The molecule has 0 bridgehead atoms. The molecule has 0 aliphatic rings. The van der Waals surface area contributed by atoms with E-state index in [1.54, 1.807) is 42.5 Å². The van der Waals surface area contributed by atoms with Crippen LogP contribution in [0.1, 0.15) is 34.5 Å². The maximum atomic E-state index is 12.8. The zero-order valence-electron chi connectivity index (χ0n) is 15.5. The summed E-state index contributed by atoms with van der Waals surface area (Å²) in [5.74, 6) is -0.450. The molecule has 0 saturated heterocycles. The fraction of sp³-hybridized carbons (Fsp3) is 0.130. The molecule has 3 aromatic carbocycles. The van der Waals surface area contributed by atoms with Crippen molar-refractivity contribution in [2.45, 2.75) is 19.4 Å². The van der Waals surface area contributed by atoms with E-state index in [4.69, 9.17) is 11.6 Å². The molecule has 1 atom stereocenters. The van der Waals surface area contributed by atoms with Crippen LogP contribution in [0, 0.1) is 0 Å². The van der Waals surface area contributed by atoms with E-state index in [1.807, 2.05) is 43.3 Å². The number of hydrogen-bond acceptors (Lipinski definition) is 2. The van der Waals surface area contributed by atoms with Gasteiger partial charge in [-0.25, -0.2) is 0 Å². The lowest BCUT2D eigenvalue weighted by Gasteiger charge is -2.16. The zero-order valence-corrected chi connectivity index (χ0v) is 16.2. The van der Waals surface area contributed by atoms with E-state index in [1.165, 1.54) is 0 Å². The summed E-state index contributed by atoms with van der Waals surface area (Å²) in [7, 11) is 0. The van der Waals surface area contributed by atoms with Crippen molar-refractivity contribution in [3.8, 4) is 0 Å². The lowest BCUT2D eigenvalue weighted by atomic mass is 10.1. The molecule has 2 N–H and O–H groups in total. The third-order valence-corrected chi connectivity index (χ3v) is 4.58. The van der Waals surface area contributed by atoms with E-state index in [9.17, 15) is 9.59 Å². The van der Waals surface area contributed by atoms with E-state index in [0.29, 0.717) is 16.3 Å². The number of halogens is 1. The average molecular weight is 393 g/mol. The Kier molecular flexibility index (Phi) is 6.45. The highest BCUT2D eigenvalue weighted by atomic mass is 35.5. The van der Waals surface area contributed by atoms with Crippen LogP contribution in [-0.2, 0) is 11.2 Å². The number of nitrogens with one attached hydrogen (secondary N) is 2. The third-order valence-electron chi connectivity index (χ3n) is 4.35. The quantitative estimate of drug-likeness (QED) is 0.619. The molecule has 0 fully saturated rings. The van der Waals surface area contributed by atoms with Crippen molar-refractivity contribution in [3.05, 3.63) is 101 Å². The van der Waals surface area contributed by atoms with Gasteiger partial charge in [0.1, 0.15) is 0 Å². The molecule has 1 unspecified atom stereocenters. The van der Waals surface area contributed by atoms with Crippen LogP contribution in [0.15, 0.2) is 78.9 Å². The Morgan fingerprint density at radius 1 is 0.929 bits per heavy atom. The Balaban J connectivity index is 1.70. The van der Waals surface area contributed by atoms with Gasteiger partial charge in [-0.1, -0.05) is 66.2 Å². The van der Waals surface area contributed by atoms with Crippen LogP contribution >= 0.6 is 11.6 Å². The van der Waals surface area contributed by atoms with E-state index >= 15 is 0 Å². The molecule has 0 aliphatic heterocycles. The summed E-state index contributed by atoms with van der Waals surface area (Å²) >= 11 is 5.97. The van der Waals surface area contributed by atoms with E-state index in [2.05, 4.69) is 10.6 Å². The van der Waals surface area contributed by atoms with Gasteiger partial charge in [0.15, 0.2) is 0 Å². The summed E-state index contributed by atoms with van der Waals surface area (Å²) in [5.41, 5.74) is 2.72. The Hall–Kier alpha value is -3.11. The number of carbonyl (C=O) groups excluding carboxylic acids is 2. The van der Waals surface area contributed by atoms with Gasteiger partial charge >= 0.3 is 0 Å². The second-order valence-electron chi connectivity index (χ2n) is 6.51. The minimum Gasteiger partial charge on any atom is -0.345 e. The number of hydrogen-bond donors (Lipinski definition) is 2. The molecular weight excluding hydrogens is 372 g/mol. The first kappa shape index (κ1) is 19.6. The van der Waals surface area contributed by atoms with Gasteiger partial charge in [0, 0.05) is 5.02 Å². The molecule has 142 valence electrons. The first-order chi connectivity index (χ1) is 13.5. The van der Waals surface area contributed by atoms with Gasteiger partial charge in [0.2, 0.25) is 5.91 Å². The van der Waals surface area contributed by atoms with Gasteiger partial charge in [0.25, 0.3) is 5.91 Å². The van der Waals surface area contributed by atoms with Gasteiger partial charge in [-0.2, -0.15) is 0 Å². The van der Waals surface area contributed by atoms with Gasteiger partial charge in [-0.3, -0.25) is 9.59 Å². The second-order valence-corrected chi connectivity index (χ2v) is 6.94.